The van der Waals surface area contributed by atoms with E-state index in [9.17, 15) is 0 Å². The van der Waals surface area contributed by atoms with Crippen molar-refractivity contribution in [2.45, 2.75) is 26.1 Å². The van der Waals surface area contributed by atoms with Crippen LogP contribution in [0.4, 0.5) is 11.4 Å². The summed E-state index contributed by atoms with van der Waals surface area (Å²) < 4.78 is 18.9. The second-order valence-corrected chi connectivity index (χ2v) is 9.57. The van der Waals surface area contributed by atoms with E-state index in [0.717, 1.165) is 71.3 Å². The second kappa shape index (κ2) is 12.0. The number of aryl methyl sites for hydroxylation is 1. The molecule has 4 aromatic rings. The van der Waals surface area contributed by atoms with Crippen LogP contribution in [0.5, 0.6) is 11.5 Å². The minimum Gasteiger partial charge on any atom is -0.497 e. The van der Waals surface area contributed by atoms with Crippen molar-refractivity contribution in [3.63, 3.8) is 0 Å². The minimum atomic E-state index is 0. The molecule has 0 amide bonds. The predicted molar refractivity (Wildman–Crippen MR) is 152 cm³/mol. The van der Waals surface area contributed by atoms with Crippen LogP contribution in [-0.2, 0) is 11.8 Å². The van der Waals surface area contributed by atoms with Crippen LogP contribution in [0.15, 0.2) is 55.0 Å². The van der Waals surface area contributed by atoms with Crippen molar-refractivity contribution in [2.24, 2.45) is 7.05 Å². The summed E-state index contributed by atoms with van der Waals surface area (Å²) in [5.74, 6) is 1.49. The van der Waals surface area contributed by atoms with E-state index in [-0.39, 0.29) is 24.6 Å². The SMILES string of the molecule is COc1cc(OC)cc(N(CCN2C[C@@H](C)O[C@@H](C)C2)c2ccc3ncc(-c4cnn(C)c4)nc3c2)c1.Cl. The summed E-state index contributed by atoms with van der Waals surface area (Å²) in [5.41, 5.74) is 5.41. The second-order valence-electron chi connectivity index (χ2n) is 9.57. The summed E-state index contributed by atoms with van der Waals surface area (Å²) in [6.07, 6.45) is 5.98. The van der Waals surface area contributed by atoms with Gasteiger partial charge in [-0.1, -0.05) is 0 Å². The maximum absolute atomic E-state index is 5.94. The molecule has 0 saturated carbocycles. The Bertz CT molecular complexity index is 1350. The smallest absolute Gasteiger partial charge is 0.124 e. The van der Waals surface area contributed by atoms with Crippen molar-refractivity contribution in [2.75, 3.05) is 45.3 Å². The first-order chi connectivity index (χ1) is 17.9. The first-order valence-corrected chi connectivity index (χ1v) is 12.6. The maximum atomic E-state index is 5.94. The largest absolute Gasteiger partial charge is 0.497 e. The van der Waals surface area contributed by atoms with Gasteiger partial charge < -0.3 is 19.1 Å². The molecule has 3 heterocycles. The average molecular weight is 539 g/mol. The number of aromatic nitrogens is 4. The zero-order chi connectivity index (χ0) is 25.9. The molecule has 1 aliphatic heterocycles. The normalized spacial score (nSPS) is 17.7. The summed E-state index contributed by atoms with van der Waals surface area (Å²) in [7, 11) is 5.24. The number of nitrogens with zero attached hydrogens (tertiary/aromatic N) is 6. The Labute approximate surface area is 229 Å². The molecule has 9 nitrogen and oxygen atoms in total. The Hall–Kier alpha value is -3.40. The molecule has 2 aromatic carbocycles. The molecule has 0 N–H and O–H groups in total. The Balaban J connectivity index is 0.00000336. The first kappa shape index (κ1) is 27.6. The number of rotatable bonds is 8. The Morgan fingerprint density at radius 2 is 1.66 bits per heavy atom. The first-order valence-electron chi connectivity index (χ1n) is 12.6. The number of anilines is 2. The molecule has 10 heteroatoms. The molecule has 38 heavy (non-hydrogen) atoms. The fraction of sp³-hybridized carbons (Fsp3) is 0.393. The molecule has 0 unspecified atom stereocenters. The van der Waals surface area contributed by atoms with Gasteiger partial charge in [0.05, 0.1) is 55.5 Å². The third-order valence-electron chi connectivity index (χ3n) is 6.62. The highest BCUT2D eigenvalue weighted by molar-refractivity contribution is 5.85. The van der Waals surface area contributed by atoms with Crippen molar-refractivity contribution < 1.29 is 14.2 Å². The third-order valence-corrected chi connectivity index (χ3v) is 6.62. The number of ether oxygens (including phenoxy) is 3. The van der Waals surface area contributed by atoms with Gasteiger partial charge in [-0.05, 0) is 32.0 Å². The number of methoxy groups -OCH3 is 2. The highest BCUT2D eigenvalue weighted by atomic mass is 35.5. The van der Waals surface area contributed by atoms with E-state index >= 15 is 0 Å². The minimum absolute atomic E-state index is 0. The number of fused-ring (bicyclic) bond motifs is 1. The van der Waals surface area contributed by atoms with Crippen LogP contribution >= 0.6 is 12.4 Å². The van der Waals surface area contributed by atoms with E-state index in [1.54, 1.807) is 31.3 Å². The summed E-state index contributed by atoms with van der Waals surface area (Å²) in [4.78, 5) is 14.3. The summed E-state index contributed by atoms with van der Waals surface area (Å²) in [6.45, 7) is 7.76. The van der Waals surface area contributed by atoms with Crippen LogP contribution in [0.2, 0.25) is 0 Å². The Kier molecular flexibility index (Phi) is 8.71. The summed E-state index contributed by atoms with van der Waals surface area (Å²) in [5, 5.41) is 4.27. The van der Waals surface area contributed by atoms with Crippen LogP contribution in [0.3, 0.4) is 0 Å². The average Bonchev–Trinajstić information content (AvgIpc) is 3.33. The van der Waals surface area contributed by atoms with E-state index in [2.05, 4.69) is 45.9 Å². The van der Waals surface area contributed by atoms with Crippen LogP contribution < -0.4 is 14.4 Å². The summed E-state index contributed by atoms with van der Waals surface area (Å²) in [6, 6.07) is 12.2. The molecule has 1 fully saturated rings. The van der Waals surface area contributed by atoms with Crippen LogP contribution in [0.1, 0.15) is 13.8 Å². The van der Waals surface area contributed by atoms with Gasteiger partial charge in [-0.15, -0.1) is 12.4 Å². The van der Waals surface area contributed by atoms with E-state index in [4.69, 9.17) is 19.2 Å². The molecule has 5 rings (SSSR count). The number of morpholine rings is 1. The van der Waals surface area contributed by atoms with Gasteiger partial charge >= 0.3 is 0 Å². The highest BCUT2D eigenvalue weighted by Crippen LogP contribution is 2.34. The quantitative estimate of drug-likeness (QED) is 0.319. The fourth-order valence-corrected chi connectivity index (χ4v) is 4.92. The Morgan fingerprint density at radius 3 is 2.29 bits per heavy atom. The monoisotopic (exact) mass is 538 g/mol. The van der Waals surface area contributed by atoms with Gasteiger partial charge in [-0.25, -0.2) is 4.98 Å². The fourth-order valence-electron chi connectivity index (χ4n) is 4.92. The van der Waals surface area contributed by atoms with Crippen molar-refractivity contribution in [3.8, 4) is 22.8 Å². The van der Waals surface area contributed by atoms with Gasteiger partial charge in [0, 0.05) is 74.6 Å². The lowest BCUT2D eigenvalue weighted by atomic mass is 10.1. The van der Waals surface area contributed by atoms with Crippen molar-refractivity contribution in [1.29, 1.82) is 0 Å². The predicted octanol–water partition coefficient (Wildman–Crippen LogP) is 4.72. The molecular formula is C28H35ClN6O3. The molecule has 0 radical (unpaired) electrons. The topological polar surface area (TPSA) is 77.8 Å². The molecule has 2 aromatic heterocycles. The van der Waals surface area contributed by atoms with Gasteiger partial charge in [-0.3, -0.25) is 14.6 Å². The molecular weight excluding hydrogens is 504 g/mol. The van der Waals surface area contributed by atoms with Gasteiger partial charge in [-0.2, -0.15) is 5.10 Å². The van der Waals surface area contributed by atoms with Crippen LogP contribution in [0, 0.1) is 0 Å². The number of hydrogen-bond donors (Lipinski definition) is 0. The lowest BCUT2D eigenvalue weighted by Crippen LogP contribution is -2.47. The molecule has 0 bridgehead atoms. The number of hydrogen-bond acceptors (Lipinski definition) is 8. The lowest BCUT2D eigenvalue weighted by Gasteiger charge is -2.37. The van der Waals surface area contributed by atoms with Gasteiger partial charge in [0.25, 0.3) is 0 Å². The van der Waals surface area contributed by atoms with E-state index in [1.165, 1.54) is 0 Å². The van der Waals surface area contributed by atoms with Gasteiger partial charge in [0.2, 0.25) is 0 Å². The number of halogens is 1. The van der Waals surface area contributed by atoms with E-state index in [1.807, 2.05) is 37.5 Å². The number of benzene rings is 2. The maximum Gasteiger partial charge on any atom is 0.124 e. The molecule has 0 aliphatic carbocycles. The van der Waals surface area contributed by atoms with Crippen molar-refractivity contribution >= 4 is 34.8 Å². The van der Waals surface area contributed by atoms with Gasteiger partial charge in [0.15, 0.2) is 0 Å². The summed E-state index contributed by atoms with van der Waals surface area (Å²) >= 11 is 0. The third kappa shape index (κ3) is 6.18. The zero-order valence-electron chi connectivity index (χ0n) is 22.5. The van der Waals surface area contributed by atoms with Crippen LogP contribution in [0.25, 0.3) is 22.3 Å². The lowest BCUT2D eigenvalue weighted by molar-refractivity contribution is -0.0669. The van der Waals surface area contributed by atoms with Crippen LogP contribution in [-0.4, -0.2) is 77.3 Å². The van der Waals surface area contributed by atoms with Gasteiger partial charge in [0.1, 0.15) is 11.5 Å². The van der Waals surface area contributed by atoms with E-state index in [0.29, 0.717) is 0 Å². The molecule has 1 aliphatic rings. The highest BCUT2D eigenvalue weighted by Gasteiger charge is 2.23. The standard InChI is InChI=1S/C28H34N6O3.ClH/c1-19-16-33(17-20(2)37-19)8-9-34(23-10-24(35-4)13-25(11-23)36-5)22-6-7-26-27(12-22)31-28(15-29-26)21-14-30-32(3)18-21;/h6-7,10-15,18-20H,8-9,16-17H2,1-5H3;1H/t19-,20+;. The Morgan fingerprint density at radius 1 is 0.947 bits per heavy atom. The molecule has 0 spiro atoms. The van der Waals surface area contributed by atoms with Crippen molar-refractivity contribution in [3.05, 3.63) is 55.0 Å². The van der Waals surface area contributed by atoms with E-state index < -0.39 is 0 Å². The zero-order valence-corrected chi connectivity index (χ0v) is 23.3. The molecule has 202 valence electrons. The van der Waals surface area contributed by atoms with Crippen molar-refractivity contribution in [1.82, 2.24) is 24.6 Å². The molecule has 1 saturated heterocycles. The molecule has 2 atom stereocenters.